The molecule has 1 fully saturated rings. The number of hydrogen-bond acceptors (Lipinski definition) is 4. The fourth-order valence-electron chi connectivity index (χ4n) is 3.42. The average molecular weight is 317 g/mol. The van der Waals surface area contributed by atoms with Crippen LogP contribution in [0.15, 0.2) is 16.8 Å². The Balaban J connectivity index is 1.41. The van der Waals surface area contributed by atoms with Crippen LogP contribution in [0.1, 0.15) is 42.5 Å². The van der Waals surface area contributed by atoms with E-state index in [9.17, 15) is 4.79 Å². The zero-order valence-electron chi connectivity index (χ0n) is 12.4. The first-order valence-electron chi connectivity index (χ1n) is 7.80. The summed E-state index contributed by atoms with van der Waals surface area (Å²) in [7, 11) is 0. The molecule has 1 saturated heterocycles. The Morgan fingerprint density at radius 2 is 2.32 bits per heavy atom. The Hall–Kier alpha value is -1.89. The molecule has 6 nitrogen and oxygen atoms in total. The number of amides is 2. The topological polar surface area (TPSA) is 63.1 Å². The molecule has 2 aromatic heterocycles. The molecule has 0 bridgehead atoms. The van der Waals surface area contributed by atoms with E-state index < -0.39 is 0 Å². The molecular formula is C15H19N5OS. The van der Waals surface area contributed by atoms with Gasteiger partial charge in [-0.2, -0.15) is 11.3 Å². The van der Waals surface area contributed by atoms with Gasteiger partial charge in [-0.05, 0) is 41.7 Å². The number of nitrogens with zero attached hydrogens (tertiary/aromatic N) is 4. The maximum atomic E-state index is 12.5. The van der Waals surface area contributed by atoms with Crippen LogP contribution in [0, 0.1) is 0 Å². The van der Waals surface area contributed by atoms with E-state index in [1.165, 1.54) is 5.56 Å². The van der Waals surface area contributed by atoms with E-state index in [4.69, 9.17) is 0 Å². The molecule has 0 unspecified atom stereocenters. The van der Waals surface area contributed by atoms with Crippen molar-refractivity contribution in [3.05, 3.63) is 34.0 Å². The van der Waals surface area contributed by atoms with Crippen LogP contribution in [0.4, 0.5) is 4.79 Å². The van der Waals surface area contributed by atoms with Crippen molar-refractivity contribution in [1.82, 2.24) is 25.0 Å². The Morgan fingerprint density at radius 3 is 3.18 bits per heavy atom. The standard InChI is InChI=1S/C15H19N5OS/c21-15(16-9-14-18-17-13-4-2-7-20(13)14)19-6-1-3-12(19)11-5-8-22-10-11/h5,8,10,12H,1-4,6-7,9H2,(H,16,21)/t12-/m0/s1. The Morgan fingerprint density at radius 1 is 1.36 bits per heavy atom. The monoisotopic (exact) mass is 317 g/mol. The second-order valence-electron chi connectivity index (χ2n) is 5.85. The van der Waals surface area contributed by atoms with Crippen molar-refractivity contribution in [3.8, 4) is 0 Å². The van der Waals surface area contributed by atoms with Crippen LogP contribution in [0.5, 0.6) is 0 Å². The predicted octanol–water partition coefficient (Wildman–Crippen LogP) is 2.33. The fourth-order valence-corrected chi connectivity index (χ4v) is 4.13. The zero-order chi connectivity index (χ0) is 14.9. The van der Waals surface area contributed by atoms with Crippen LogP contribution < -0.4 is 5.32 Å². The van der Waals surface area contributed by atoms with E-state index in [0.717, 1.165) is 50.4 Å². The van der Waals surface area contributed by atoms with Crippen LogP contribution in [0.3, 0.4) is 0 Å². The van der Waals surface area contributed by atoms with Gasteiger partial charge in [-0.1, -0.05) is 0 Å². The number of rotatable bonds is 3. The van der Waals surface area contributed by atoms with Crippen molar-refractivity contribution in [2.45, 2.75) is 44.8 Å². The van der Waals surface area contributed by atoms with Crippen molar-refractivity contribution in [2.24, 2.45) is 0 Å². The zero-order valence-corrected chi connectivity index (χ0v) is 13.2. The highest BCUT2D eigenvalue weighted by atomic mass is 32.1. The van der Waals surface area contributed by atoms with Gasteiger partial charge in [0, 0.05) is 19.5 Å². The first kappa shape index (κ1) is 13.8. The molecule has 2 aliphatic rings. The van der Waals surface area contributed by atoms with Gasteiger partial charge in [0.25, 0.3) is 0 Å². The van der Waals surface area contributed by atoms with Crippen molar-refractivity contribution in [3.63, 3.8) is 0 Å². The van der Waals surface area contributed by atoms with Crippen molar-refractivity contribution < 1.29 is 4.79 Å². The smallest absolute Gasteiger partial charge is 0.318 e. The largest absolute Gasteiger partial charge is 0.331 e. The van der Waals surface area contributed by atoms with Gasteiger partial charge in [0.05, 0.1) is 12.6 Å². The molecule has 116 valence electrons. The molecule has 0 saturated carbocycles. The molecule has 4 heterocycles. The summed E-state index contributed by atoms with van der Waals surface area (Å²) in [4.78, 5) is 14.5. The molecule has 0 radical (unpaired) electrons. The molecule has 0 aliphatic carbocycles. The van der Waals surface area contributed by atoms with E-state index in [1.54, 1.807) is 11.3 Å². The van der Waals surface area contributed by atoms with E-state index in [1.807, 2.05) is 4.90 Å². The molecule has 2 aromatic rings. The third kappa shape index (κ3) is 2.39. The van der Waals surface area contributed by atoms with E-state index in [-0.39, 0.29) is 12.1 Å². The second kappa shape index (κ2) is 5.72. The maximum Gasteiger partial charge on any atom is 0.318 e. The lowest BCUT2D eigenvalue weighted by Gasteiger charge is -2.24. The second-order valence-corrected chi connectivity index (χ2v) is 6.63. The van der Waals surface area contributed by atoms with E-state index in [2.05, 4.69) is 36.9 Å². The van der Waals surface area contributed by atoms with Gasteiger partial charge in [0.1, 0.15) is 5.82 Å². The minimum atomic E-state index is 0.00375. The van der Waals surface area contributed by atoms with Gasteiger partial charge in [-0.3, -0.25) is 0 Å². The fraction of sp³-hybridized carbons (Fsp3) is 0.533. The lowest BCUT2D eigenvalue weighted by atomic mass is 10.1. The molecule has 7 heteroatoms. The maximum absolute atomic E-state index is 12.5. The predicted molar refractivity (Wildman–Crippen MR) is 83.6 cm³/mol. The number of carbonyl (C=O) groups excluding carboxylic acids is 1. The van der Waals surface area contributed by atoms with Crippen molar-refractivity contribution >= 4 is 17.4 Å². The van der Waals surface area contributed by atoms with E-state index >= 15 is 0 Å². The molecule has 22 heavy (non-hydrogen) atoms. The minimum absolute atomic E-state index is 0.00375. The van der Waals surface area contributed by atoms with Crippen LogP contribution in [-0.4, -0.2) is 32.2 Å². The van der Waals surface area contributed by atoms with Crippen LogP contribution in [0.2, 0.25) is 0 Å². The average Bonchev–Trinajstić information content (AvgIpc) is 3.28. The molecule has 4 rings (SSSR count). The first-order valence-corrected chi connectivity index (χ1v) is 8.75. The molecule has 2 amide bonds. The quantitative estimate of drug-likeness (QED) is 0.945. The summed E-state index contributed by atoms with van der Waals surface area (Å²) >= 11 is 1.69. The Bertz CT molecular complexity index is 666. The summed E-state index contributed by atoms with van der Waals surface area (Å²) in [6, 6.07) is 2.34. The number of thiophene rings is 1. The van der Waals surface area contributed by atoms with Gasteiger partial charge in [0.15, 0.2) is 5.82 Å². The van der Waals surface area contributed by atoms with E-state index in [0.29, 0.717) is 6.54 Å². The number of carbonyl (C=O) groups is 1. The lowest BCUT2D eigenvalue weighted by molar-refractivity contribution is 0.192. The van der Waals surface area contributed by atoms with Crippen molar-refractivity contribution in [1.29, 1.82) is 0 Å². The third-order valence-electron chi connectivity index (χ3n) is 4.53. The molecular weight excluding hydrogens is 298 g/mol. The first-order chi connectivity index (χ1) is 10.8. The number of fused-ring (bicyclic) bond motifs is 1. The summed E-state index contributed by atoms with van der Waals surface area (Å²) in [6.07, 6.45) is 4.23. The van der Waals surface area contributed by atoms with Crippen LogP contribution >= 0.6 is 11.3 Å². The van der Waals surface area contributed by atoms with Crippen molar-refractivity contribution in [2.75, 3.05) is 6.54 Å². The number of likely N-dealkylation sites (tertiary alicyclic amines) is 1. The lowest BCUT2D eigenvalue weighted by Crippen LogP contribution is -2.39. The number of nitrogens with one attached hydrogen (secondary N) is 1. The Kier molecular flexibility index (Phi) is 3.57. The summed E-state index contributed by atoms with van der Waals surface area (Å²) in [5, 5.41) is 15.6. The summed E-state index contributed by atoms with van der Waals surface area (Å²) in [5.74, 6) is 1.91. The van der Waals surface area contributed by atoms with Crippen LogP contribution in [-0.2, 0) is 19.5 Å². The number of hydrogen-bond donors (Lipinski definition) is 1. The van der Waals surface area contributed by atoms with Gasteiger partial charge in [-0.25, -0.2) is 4.79 Å². The molecule has 1 atom stereocenters. The third-order valence-corrected chi connectivity index (χ3v) is 5.23. The number of aryl methyl sites for hydroxylation is 1. The summed E-state index contributed by atoms with van der Waals surface area (Å²) in [5.41, 5.74) is 1.25. The minimum Gasteiger partial charge on any atom is -0.331 e. The Labute approximate surface area is 133 Å². The highest BCUT2D eigenvalue weighted by Gasteiger charge is 2.30. The summed E-state index contributed by atoms with van der Waals surface area (Å²) in [6.45, 7) is 2.25. The van der Waals surface area contributed by atoms with Gasteiger partial charge in [0.2, 0.25) is 0 Å². The highest BCUT2D eigenvalue weighted by molar-refractivity contribution is 7.07. The molecule has 0 spiro atoms. The van der Waals surface area contributed by atoms with Crippen LogP contribution in [0.25, 0.3) is 0 Å². The SMILES string of the molecule is O=C(NCc1nnc2n1CCC2)N1CCC[C@H]1c1ccsc1. The highest BCUT2D eigenvalue weighted by Crippen LogP contribution is 2.32. The van der Waals surface area contributed by atoms with Gasteiger partial charge < -0.3 is 14.8 Å². The number of aromatic nitrogens is 3. The van der Waals surface area contributed by atoms with Gasteiger partial charge in [-0.15, -0.1) is 10.2 Å². The van der Waals surface area contributed by atoms with Gasteiger partial charge >= 0.3 is 6.03 Å². The molecule has 0 aromatic carbocycles. The molecule has 2 aliphatic heterocycles. The normalized spacial score (nSPS) is 20.4. The number of urea groups is 1. The summed E-state index contributed by atoms with van der Waals surface area (Å²) < 4.78 is 2.13. The molecule has 1 N–H and O–H groups in total.